The molecule has 0 fully saturated rings. The third-order valence-electron chi connectivity index (χ3n) is 2.24. The summed E-state index contributed by atoms with van der Waals surface area (Å²) in [5, 5.41) is 8.79. The summed E-state index contributed by atoms with van der Waals surface area (Å²) >= 11 is 0. The molecule has 0 spiro atoms. The second kappa shape index (κ2) is 5.31. The number of oxazole rings is 1. The van der Waals surface area contributed by atoms with Crippen molar-refractivity contribution < 1.29 is 23.4 Å². The summed E-state index contributed by atoms with van der Waals surface area (Å²) in [5.74, 6) is -0.923. The molecule has 94 valence electrons. The average Bonchev–Trinajstić information content (AvgIpc) is 2.77. The van der Waals surface area contributed by atoms with Crippen LogP contribution in [0.15, 0.2) is 35.1 Å². The van der Waals surface area contributed by atoms with Crippen molar-refractivity contribution in [1.82, 2.24) is 4.98 Å². The van der Waals surface area contributed by atoms with Crippen molar-refractivity contribution >= 4 is 5.97 Å². The highest BCUT2D eigenvalue weighted by Crippen LogP contribution is 2.13. The van der Waals surface area contributed by atoms with Gasteiger partial charge in [0.25, 0.3) is 0 Å². The van der Waals surface area contributed by atoms with E-state index in [0.717, 1.165) is 6.39 Å². The van der Waals surface area contributed by atoms with Gasteiger partial charge in [0.05, 0.1) is 6.61 Å². The lowest BCUT2D eigenvalue weighted by Crippen LogP contribution is -2.06. The first-order chi connectivity index (χ1) is 8.66. The Labute approximate surface area is 102 Å². The van der Waals surface area contributed by atoms with Crippen LogP contribution in [0.2, 0.25) is 0 Å². The van der Waals surface area contributed by atoms with Gasteiger partial charge in [0.15, 0.2) is 12.1 Å². The van der Waals surface area contributed by atoms with E-state index in [4.69, 9.17) is 14.3 Å². The summed E-state index contributed by atoms with van der Waals surface area (Å²) in [6, 6.07) is 5.70. The van der Waals surface area contributed by atoms with Gasteiger partial charge in [-0.3, -0.25) is 0 Å². The van der Waals surface area contributed by atoms with Crippen LogP contribution in [-0.4, -0.2) is 22.7 Å². The highest BCUT2D eigenvalue weighted by Gasteiger charge is 2.15. The summed E-state index contributed by atoms with van der Waals surface area (Å²) in [6.07, 6.45) is 1.32. The normalized spacial score (nSPS) is 10.3. The average molecular weight is 251 g/mol. The summed E-state index contributed by atoms with van der Waals surface area (Å²) < 4.78 is 23.1. The predicted octanol–water partition coefficient (Wildman–Crippen LogP) is 2.13. The maximum Gasteiger partial charge on any atom is 0.358 e. The van der Waals surface area contributed by atoms with Crippen LogP contribution in [-0.2, 0) is 6.42 Å². The molecule has 0 radical (unpaired) electrons. The van der Waals surface area contributed by atoms with Crippen LogP contribution in [0.5, 0.6) is 5.75 Å². The van der Waals surface area contributed by atoms with Crippen LogP contribution in [0.1, 0.15) is 16.2 Å². The fourth-order valence-electron chi connectivity index (χ4n) is 1.44. The quantitative estimate of drug-likeness (QED) is 0.881. The Hall–Kier alpha value is -2.37. The minimum Gasteiger partial charge on any atom is -0.493 e. The zero-order valence-electron chi connectivity index (χ0n) is 9.30. The SMILES string of the molecule is O=C(O)c1ncoc1CCOc1cccc(F)c1. The van der Waals surface area contributed by atoms with Crippen molar-refractivity contribution in [3.8, 4) is 5.75 Å². The first-order valence-electron chi connectivity index (χ1n) is 5.21. The number of nitrogens with zero attached hydrogens (tertiary/aromatic N) is 1. The molecule has 0 aliphatic rings. The third kappa shape index (κ3) is 2.85. The molecule has 1 heterocycles. The number of hydrogen-bond acceptors (Lipinski definition) is 4. The Morgan fingerprint density at radius 1 is 1.50 bits per heavy atom. The van der Waals surface area contributed by atoms with Crippen LogP contribution >= 0.6 is 0 Å². The number of benzene rings is 1. The molecule has 1 aromatic carbocycles. The van der Waals surface area contributed by atoms with Gasteiger partial charge in [-0.1, -0.05) is 6.07 Å². The molecule has 0 bridgehead atoms. The monoisotopic (exact) mass is 251 g/mol. The fraction of sp³-hybridized carbons (Fsp3) is 0.167. The van der Waals surface area contributed by atoms with Crippen LogP contribution < -0.4 is 4.74 Å². The van der Waals surface area contributed by atoms with Gasteiger partial charge in [-0.05, 0) is 12.1 Å². The van der Waals surface area contributed by atoms with Crippen molar-refractivity contribution in [1.29, 1.82) is 0 Å². The summed E-state index contributed by atoms with van der Waals surface area (Å²) in [4.78, 5) is 14.3. The van der Waals surface area contributed by atoms with Crippen molar-refractivity contribution in [2.24, 2.45) is 0 Å². The van der Waals surface area contributed by atoms with Crippen LogP contribution in [0, 0.1) is 5.82 Å². The molecule has 0 aliphatic heterocycles. The molecular formula is C12H10FNO4. The Morgan fingerprint density at radius 2 is 2.33 bits per heavy atom. The molecule has 1 aromatic heterocycles. The van der Waals surface area contributed by atoms with Crippen molar-refractivity contribution in [3.05, 3.63) is 47.9 Å². The van der Waals surface area contributed by atoms with Gasteiger partial charge in [-0.25, -0.2) is 14.2 Å². The van der Waals surface area contributed by atoms with E-state index in [1.54, 1.807) is 6.07 Å². The topological polar surface area (TPSA) is 72.6 Å². The van der Waals surface area contributed by atoms with E-state index in [1.165, 1.54) is 18.2 Å². The Morgan fingerprint density at radius 3 is 3.06 bits per heavy atom. The summed E-state index contributed by atoms with van der Waals surface area (Å²) in [6.45, 7) is 0.179. The maximum absolute atomic E-state index is 12.9. The lowest BCUT2D eigenvalue weighted by molar-refractivity contribution is 0.0688. The summed E-state index contributed by atoms with van der Waals surface area (Å²) in [5.41, 5.74) is -0.127. The van der Waals surface area contributed by atoms with Gasteiger partial charge < -0.3 is 14.3 Å². The molecule has 18 heavy (non-hydrogen) atoms. The predicted molar refractivity (Wildman–Crippen MR) is 59.1 cm³/mol. The van der Waals surface area contributed by atoms with E-state index in [9.17, 15) is 9.18 Å². The first kappa shape index (κ1) is 12.1. The molecular weight excluding hydrogens is 241 g/mol. The molecule has 0 aliphatic carbocycles. The second-order valence-corrected chi connectivity index (χ2v) is 3.49. The van der Waals surface area contributed by atoms with Gasteiger partial charge >= 0.3 is 5.97 Å². The van der Waals surface area contributed by atoms with E-state index < -0.39 is 11.8 Å². The van der Waals surface area contributed by atoms with Crippen molar-refractivity contribution in [2.45, 2.75) is 6.42 Å². The van der Waals surface area contributed by atoms with Crippen molar-refractivity contribution in [3.63, 3.8) is 0 Å². The zero-order valence-corrected chi connectivity index (χ0v) is 9.30. The smallest absolute Gasteiger partial charge is 0.358 e. The largest absolute Gasteiger partial charge is 0.493 e. The van der Waals surface area contributed by atoms with Gasteiger partial charge in [0.1, 0.15) is 17.3 Å². The minimum absolute atomic E-state index is 0.127. The Kier molecular flexibility index (Phi) is 3.57. The van der Waals surface area contributed by atoms with E-state index in [0.29, 0.717) is 5.75 Å². The van der Waals surface area contributed by atoms with Crippen molar-refractivity contribution in [2.75, 3.05) is 6.61 Å². The Bertz CT molecular complexity index is 553. The molecule has 0 atom stereocenters. The molecule has 0 amide bonds. The minimum atomic E-state index is -1.15. The first-order valence-corrected chi connectivity index (χ1v) is 5.21. The van der Waals surface area contributed by atoms with Crippen LogP contribution in [0.3, 0.4) is 0 Å². The van der Waals surface area contributed by atoms with Gasteiger partial charge in [-0.15, -0.1) is 0 Å². The molecule has 2 rings (SSSR count). The number of aromatic carboxylic acids is 1. The molecule has 5 nitrogen and oxygen atoms in total. The van der Waals surface area contributed by atoms with Gasteiger partial charge in [0, 0.05) is 12.5 Å². The molecule has 2 aromatic rings. The summed E-state index contributed by atoms with van der Waals surface area (Å²) in [7, 11) is 0. The Balaban J connectivity index is 1.92. The van der Waals surface area contributed by atoms with Gasteiger partial charge in [-0.2, -0.15) is 0 Å². The van der Waals surface area contributed by atoms with E-state index in [2.05, 4.69) is 4.98 Å². The molecule has 6 heteroatoms. The van der Waals surface area contributed by atoms with E-state index in [-0.39, 0.29) is 24.5 Å². The highest BCUT2D eigenvalue weighted by molar-refractivity contribution is 5.86. The van der Waals surface area contributed by atoms with Crippen LogP contribution in [0.25, 0.3) is 0 Å². The number of aromatic nitrogens is 1. The highest BCUT2D eigenvalue weighted by atomic mass is 19.1. The number of carboxylic acids is 1. The number of carbonyl (C=O) groups is 1. The standard InChI is InChI=1S/C12H10FNO4/c13-8-2-1-3-9(6-8)17-5-4-10-11(12(15)16)14-7-18-10/h1-3,6-7H,4-5H2,(H,15,16). The van der Waals surface area contributed by atoms with E-state index in [1.807, 2.05) is 0 Å². The van der Waals surface area contributed by atoms with Crippen LogP contribution in [0.4, 0.5) is 4.39 Å². The number of hydrogen-bond donors (Lipinski definition) is 1. The zero-order chi connectivity index (χ0) is 13.0. The number of rotatable bonds is 5. The third-order valence-corrected chi connectivity index (χ3v) is 2.24. The molecule has 1 N–H and O–H groups in total. The number of ether oxygens (including phenoxy) is 1. The lowest BCUT2D eigenvalue weighted by atomic mass is 10.3. The fourth-order valence-corrected chi connectivity index (χ4v) is 1.44. The van der Waals surface area contributed by atoms with E-state index >= 15 is 0 Å². The number of carboxylic acid groups (broad SMARTS) is 1. The number of halogens is 1. The molecule has 0 saturated carbocycles. The van der Waals surface area contributed by atoms with Gasteiger partial charge in [0.2, 0.25) is 0 Å². The second-order valence-electron chi connectivity index (χ2n) is 3.49. The lowest BCUT2D eigenvalue weighted by Gasteiger charge is -2.04. The molecule has 0 saturated heterocycles. The maximum atomic E-state index is 12.9. The molecule has 0 unspecified atom stereocenters.